The van der Waals surface area contributed by atoms with Crippen LogP contribution in [0.3, 0.4) is 0 Å². The average Bonchev–Trinajstić information content (AvgIpc) is 3.39. The minimum Gasteiger partial charge on any atom is -0.504 e. The summed E-state index contributed by atoms with van der Waals surface area (Å²) in [5.74, 6) is 0.152. The highest BCUT2D eigenvalue weighted by atomic mass is 32.2. The van der Waals surface area contributed by atoms with Gasteiger partial charge in [-0.3, -0.25) is 9.40 Å². The van der Waals surface area contributed by atoms with Gasteiger partial charge in [0.2, 0.25) is 0 Å². The van der Waals surface area contributed by atoms with Crippen molar-refractivity contribution < 1.29 is 28.1 Å². The smallest absolute Gasteiger partial charge is 0.282 e. The Kier molecular flexibility index (Phi) is 8.92. The maximum absolute atomic E-state index is 13.3. The molecule has 0 saturated heterocycles. The topological polar surface area (TPSA) is 164 Å². The van der Waals surface area contributed by atoms with Crippen LogP contribution in [-0.2, 0) is 16.6 Å². The Morgan fingerprint density at radius 2 is 1.80 bits per heavy atom. The van der Waals surface area contributed by atoms with E-state index in [9.17, 15) is 18.6 Å². The molecule has 40 heavy (non-hydrogen) atoms. The van der Waals surface area contributed by atoms with Crippen molar-refractivity contribution in [2.75, 3.05) is 44.4 Å². The van der Waals surface area contributed by atoms with Gasteiger partial charge in [-0.2, -0.15) is 13.5 Å². The number of aromatic nitrogens is 4. The molecule has 0 aliphatic rings. The van der Waals surface area contributed by atoms with Crippen molar-refractivity contribution in [2.24, 2.45) is 0 Å². The number of fused-ring (bicyclic) bond motifs is 1. The Morgan fingerprint density at radius 1 is 1.10 bits per heavy atom. The minimum atomic E-state index is -4.14. The quantitative estimate of drug-likeness (QED) is 0.187. The molecule has 1 atom stereocenters. The zero-order chi connectivity index (χ0) is 28.9. The lowest BCUT2D eigenvalue weighted by Crippen LogP contribution is -2.20. The number of methoxy groups -OCH3 is 1. The highest BCUT2D eigenvalue weighted by Crippen LogP contribution is 2.41. The number of rotatable bonds is 13. The summed E-state index contributed by atoms with van der Waals surface area (Å²) in [6, 6.07) is 11.4. The summed E-state index contributed by atoms with van der Waals surface area (Å²) in [6.07, 6.45) is 1.32. The fourth-order valence-electron chi connectivity index (χ4n) is 3.66. The molecule has 2 aromatic heterocycles. The normalized spacial score (nSPS) is 12.4. The van der Waals surface area contributed by atoms with Gasteiger partial charge in [-0.1, -0.05) is 12.1 Å². The highest BCUT2D eigenvalue weighted by molar-refractivity contribution is 7.92. The van der Waals surface area contributed by atoms with E-state index < -0.39 is 16.1 Å². The third-order valence-corrected chi connectivity index (χ3v) is 7.01. The Morgan fingerprint density at radius 3 is 2.45 bits per heavy atom. The maximum Gasteiger partial charge on any atom is 0.282 e. The van der Waals surface area contributed by atoms with Crippen LogP contribution in [0.25, 0.3) is 11.0 Å². The number of phenols is 1. The SMILES string of the molecule is COc1cc(O)c(OCCC(C)O)c(Nc2nc3ccccc3nc2NS(=O)(=O)c2ccn(CCN(C)C)n2)c1. The molecule has 0 radical (unpaired) electrons. The lowest BCUT2D eigenvalue weighted by Gasteiger charge is -2.18. The van der Waals surface area contributed by atoms with Crippen LogP contribution in [-0.4, -0.2) is 83.7 Å². The molecule has 0 saturated carbocycles. The van der Waals surface area contributed by atoms with Gasteiger partial charge < -0.3 is 29.9 Å². The predicted molar refractivity (Wildman–Crippen MR) is 151 cm³/mol. The Labute approximate surface area is 232 Å². The van der Waals surface area contributed by atoms with E-state index in [4.69, 9.17) is 9.47 Å². The number of phenolic OH excluding ortho intramolecular Hbond substituents is 1. The van der Waals surface area contributed by atoms with E-state index in [0.717, 1.165) is 0 Å². The molecule has 2 aromatic carbocycles. The second-order valence-electron chi connectivity index (χ2n) is 9.37. The fourth-order valence-corrected chi connectivity index (χ4v) is 4.61. The van der Waals surface area contributed by atoms with Crippen LogP contribution in [0, 0.1) is 0 Å². The van der Waals surface area contributed by atoms with E-state index >= 15 is 0 Å². The molecule has 214 valence electrons. The molecule has 2 heterocycles. The third-order valence-electron chi connectivity index (χ3n) is 5.78. The molecule has 0 aliphatic heterocycles. The van der Waals surface area contributed by atoms with E-state index in [0.29, 0.717) is 36.3 Å². The standard InChI is InChI=1S/C26H33N7O6S/c1-17(34)10-14-39-24-21(15-18(38-4)16-22(24)35)29-25-26(28-20-8-6-5-7-19(20)27-25)31-40(36,37)23-9-11-33(30-23)13-12-32(2)3/h5-9,11,15-17,34-35H,10,12-14H2,1-4H3,(H,27,29)(H,28,31). The number of para-hydroxylation sites is 2. The van der Waals surface area contributed by atoms with Crippen LogP contribution in [0.4, 0.5) is 17.3 Å². The molecular formula is C26H33N7O6S. The number of benzene rings is 2. The van der Waals surface area contributed by atoms with Gasteiger partial charge in [0.25, 0.3) is 10.0 Å². The van der Waals surface area contributed by atoms with Gasteiger partial charge in [0.15, 0.2) is 28.2 Å². The molecule has 0 amide bonds. The van der Waals surface area contributed by atoms with E-state index in [-0.39, 0.29) is 40.5 Å². The van der Waals surface area contributed by atoms with E-state index in [1.54, 1.807) is 48.1 Å². The summed E-state index contributed by atoms with van der Waals surface area (Å²) >= 11 is 0. The van der Waals surface area contributed by atoms with Crippen LogP contribution in [0.5, 0.6) is 17.2 Å². The van der Waals surface area contributed by atoms with Crippen LogP contribution in [0.1, 0.15) is 13.3 Å². The summed E-state index contributed by atoms with van der Waals surface area (Å²) < 4.78 is 41.7. The van der Waals surface area contributed by atoms with Gasteiger partial charge in [-0.15, -0.1) is 0 Å². The number of sulfonamides is 1. The summed E-state index contributed by atoms with van der Waals surface area (Å²) in [4.78, 5) is 11.1. The molecule has 0 aliphatic carbocycles. The number of hydrogen-bond donors (Lipinski definition) is 4. The molecule has 0 fully saturated rings. The largest absolute Gasteiger partial charge is 0.504 e. The zero-order valence-corrected chi connectivity index (χ0v) is 23.5. The first-order valence-corrected chi connectivity index (χ1v) is 14.0. The first-order chi connectivity index (χ1) is 19.1. The van der Waals surface area contributed by atoms with Gasteiger partial charge in [-0.25, -0.2) is 9.97 Å². The molecule has 4 N–H and O–H groups in total. The highest BCUT2D eigenvalue weighted by Gasteiger charge is 2.23. The number of aliphatic hydroxyl groups excluding tert-OH is 1. The lowest BCUT2D eigenvalue weighted by atomic mass is 10.2. The van der Waals surface area contributed by atoms with Crippen molar-refractivity contribution in [2.45, 2.75) is 31.0 Å². The van der Waals surface area contributed by atoms with Crippen molar-refractivity contribution in [1.29, 1.82) is 0 Å². The van der Waals surface area contributed by atoms with Crippen molar-refractivity contribution in [3.8, 4) is 17.2 Å². The summed E-state index contributed by atoms with van der Waals surface area (Å²) in [6.45, 7) is 2.95. The number of anilines is 3. The van der Waals surface area contributed by atoms with Crippen LogP contribution < -0.4 is 19.5 Å². The summed E-state index contributed by atoms with van der Waals surface area (Å²) in [7, 11) is 1.14. The molecular weight excluding hydrogens is 538 g/mol. The van der Waals surface area contributed by atoms with Crippen molar-refractivity contribution in [3.05, 3.63) is 48.7 Å². The number of hydrogen-bond acceptors (Lipinski definition) is 11. The molecule has 4 rings (SSSR count). The monoisotopic (exact) mass is 571 g/mol. The number of aromatic hydroxyl groups is 1. The fraction of sp³-hybridized carbons (Fsp3) is 0.346. The zero-order valence-electron chi connectivity index (χ0n) is 22.7. The molecule has 0 bridgehead atoms. The van der Waals surface area contributed by atoms with Gasteiger partial charge in [-0.05, 0) is 39.2 Å². The Bertz CT molecular complexity index is 1570. The van der Waals surface area contributed by atoms with Crippen molar-refractivity contribution in [1.82, 2.24) is 24.6 Å². The van der Waals surface area contributed by atoms with E-state index in [1.807, 2.05) is 19.0 Å². The number of aliphatic hydroxyl groups is 1. The number of likely N-dealkylation sites (N-methyl/N-ethyl adjacent to an activating group) is 1. The van der Waals surface area contributed by atoms with Crippen molar-refractivity contribution >= 4 is 38.4 Å². The Balaban J connectivity index is 1.72. The molecule has 14 heteroatoms. The number of ether oxygens (including phenoxy) is 2. The van der Waals surface area contributed by atoms with Crippen LogP contribution >= 0.6 is 0 Å². The van der Waals surface area contributed by atoms with Crippen LogP contribution in [0.2, 0.25) is 0 Å². The summed E-state index contributed by atoms with van der Waals surface area (Å²) in [5.41, 5.74) is 1.22. The van der Waals surface area contributed by atoms with Crippen molar-refractivity contribution in [3.63, 3.8) is 0 Å². The predicted octanol–water partition coefficient (Wildman–Crippen LogP) is 2.80. The molecule has 0 spiro atoms. The number of nitrogens with zero attached hydrogens (tertiary/aromatic N) is 5. The molecule has 1 unspecified atom stereocenters. The summed E-state index contributed by atoms with van der Waals surface area (Å²) in [5, 5.41) is 27.3. The molecule has 4 aromatic rings. The second-order valence-corrected chi connectivity index (χ2v) is 11.0. The van der Waals surface area contributed by atoms with Gasteiger partial charge in [0.05, 0.1) is 43.1 Å². The maximum atomic E-state index is 13.3. The third kappa shape index (κ3) is 7.08. The van der Waals surface area contributed by atoms with Gasteiger partial charge in [0.1, 0.15) is 5.75 Å². The first kappa shape index (κ1) is 28.9. The van der Waals surface area contributed by atoms with Crippen LogP contribution in [0.15, 0.2) is 53.7 Å². The van der Waals surface area contributed by atoms with E-state index in [2.05, 4.69) is 25.1 Å². The average molecular weight is 572 g/mol. The minimum absolute atomic E-state index is 0.0577. The number of nitrogens with one attached hydrogen (secondary N) is 2. The second kappa shape index (κ2) is 12.4. The lowest BCUT2D eigenvalue weighted by molar-refractivity contribution is 0.154. The van der Waals surface area contributed by atoms with E-state index in [1.165, 1.54) is 19.2 Å². The molecule has 13 nitrogen and oxygen atoms in total. The van der Waals surface area contributed by atoms with Gasteiger partial charge in [0, 0.05) is 31.3 Å². The Hall–Kier alpha value is -4.14. The van der Waals surface area contributed by atoms with Gasteiger partial charge >= 0.3 is 0 Å². The first-order valence-electron chi connectivity index (χ1n) is 12.5.